The molecule has 0 aliphatic carbocycles. The number of carbonyl (C=O) groups is 2. The molecule has 0 radical (unpaired) electrons. The van der Waals surface area contributed by atoms with Gasteiger partial charge in [0, 0.05) is 16.5 Å². The molecule has 0 saturated carbocycles. The molecule has 1 heterocycles. The van der Waals surface area contributed by atoms with Gasteiger partial charge in [0.1, 0.15) is 11.6 Å². The Morgan fingerprint density at radius 1 is 1.24 bits per heavy atom. The maximum Gasteiger partial charge on any atom is 0.305 e. The van der Waals surface area contributed by atoms with E-state index in [1.54, 1.807) is 17.5 Å². The van der Waals surface area contributed by atoms with Gasteiger partial charge in [0.2, 0.25) is 0 Å². The van der Waals surface area contributed by atoms with E-state index < -0.39 is 29.6 Å². The number of nitrogens with one attached hydrogen (secondary N) is 1. The van der Waals surface area contributed by atoms with E-state index in [-0.39, 0.29) is 12.0 Å². The molecule has 0 fully saturated rings. The van der Waals surface area contributed by atoms with Crippen LogP contribution in [0.25, 0.3) is 0 Å². The largest absolute Gasteiger partial charge is 0.481 e. The molecule has 0 saturated heterocycles. The molecule has 2 aromatic rings. The number of aliphatic carboxylic acids is 1. The van der Waals surface area contributed by atoms with Crippen LogP contribution in [0.15, 0.2) is 35.7 Å². The smallest absolute Gasteiger partial charge is 0.305 e. The molecule has 4 nitrogen and oxygen atoms in total. The highest BCUT2D eigenvalue weighted by atomic mass is 32.1. The third-order valence-electron chi connectivity index (χ3n) is 2.70. The fraction of sp³-hybridized carbons (Fsp3) is 0.143. The fourth-order valence-corrected chi connectivity index (χ4v) is 2.59. The first-order valence-electron chi connectivity index (χ1n) is 5.98. The Bertz CT molecular complexity index is 638. The van der Waals surface area contributed by atoms with Crippen molar-refractivity contribution in [2.75, 3.05) is 0 Å². The Morgan fingerprint density at radius 2 is 1.90 bits per heavy atom. The van der Waals surface area contributed by atoms with Crippen molar-refractivity contribution in [3.8, 4) is 0 Å². The molecule has 0 bridgehead atoms. The zero-order valence-corrected chi connectivity index (χ0v) is 11.5. The highest BCUT2D eigenvalue weighted by molar-refractivity contribution is 7.10. The highest BCUT2D eigenvalue weighted by Gasteiger charge is 2.20. The summed E-state index contributed by atoms with van der Waals surface area (Å²) in [5.74, 6) is -3.55. The number of thiophene rings is 1. The van der Waals surface area contributed by atoms with E-state index in [4.69, 9.17) is 5.11 Å². The summed E-state index contributed by atoms with van der Waals surface area (Å²) in [6.45, 7) is 0. The van der Waals surface area contributed by atoms with Gasteiger partial charge in [0.05, 0.1) is 12.5 Å². The Balaban J connectivity index is 2.19. The summed E-state index contributed by atoms with van der Waals surface area (Å²) in [5.41, 5.74) is -0.195. The molecule has 21 heavy (non-hydrogen) atoms. The second kappa shape index (κ2) is 6.45. The summed E-state index contributed by atoms with van der Waals surface area (Å²) < 4.78 is 26.2. The lowest BCUT2D eigenvalue weighted by molar-refractivity contribution is -0.137. The van der Waals surface area contributed by atoms with Crippen LogP contribution in [-0.4, -0.2) is 17.0 Å². The number of amides is 1. The summed E-state index contributed by atoms with van der Waals surface area (Å²) in [4.78, 5) is 23.5. The van der Waals surface area contributed by atoms with E-state index in [2.05, 4.69) is 5.32 Å². The van der Waals surface area contributed by atoms with Crippen molar-refractivity contribution >= 4 is 23.2 Å². The predicted molar refractivity (Wildman–Crippen MR) is 73.1 cm³/mol. The van der Waals surface area contributed by atoms with E-state index in [1.807, 2.05) is 0 Å². The fourth-order valence-electron chi connectivity index (χ4n) is 1.81. The van der Waals surface area contributed by atoms with Gasteiger partial charge in [-0.05, 0) is 23.6 Å². The number of carboxylic acids is 1. The Morgan fingerprint density at radius 3 is 2.43 bits per heavy atom. The number of carbonyl (C=O) groups excluding carboxylic acids is 1. The summed E-state index contributed by atoms with van der Waals surface area (Å²) in [5, 5.41) is 13.1. The second-order valence-electron chi connectivity index (χ2n) is 4.30. The van der Waals surface area contributed by atoms with Gasteiger partial charge in [-0.2, -0.15) is 0 Å². The second-order valence-corrected chi connectivity index (χ2v) is 5.28. The van der Waals surface area contributed by atoms with Crippen LogP contribution in [0.1, 0.15) is 27.7 Å². The predicted octanol–water partition coefficient (Wildman–Crippen LogP) is 2.97. The molecule has 0 aliphatic heterocycles. The van der Waals surface area contributed by atoms with Crippen LogP contribution in [0, 0.1) is 11.6 Å². The molecule has 2 rings (SSSR count). The molecule has 1 aromatic heterocycles. The molecule has 0 aliphatic rings. The average molecular weight is 311 g/mol. The van der Waals surface area contributed by atoms with Gasteiger partial charge in [0.15, 0.2) is 0 Å². The van der Waals surface area contributed by atoms with Gasteiger partial charge < -0.3 is 10.4 Å². The molecule has 1 amide bonds. The standard InChI is InChI=1S/C14H11F2NO3S/c15-9-4-8(5-10(16)6-9)14(20)17-11(7-13(18)19)12-2-1-3-21-12/h1-6,11H,7H2,(H,17,20)(H,18,19)/t11-/m0/s1. The van der Waals surface area contributed by atoms with Crippen molar-refractivity contribution in [3.05, 3.63) is 57.8 Å². The minimum absolute atomic E-state index is 0.195. The van der Waals surface area contributed by atoms with E-state index >= 15 is 0 Å². The summed E-state index contributed by atoms with van der Waals surface area (Å²) in [6.07, 6.45) is -0.315. The van der Waals surface area contributed by atoms with Crippen molar-refractivity contribution in [2.45, 2.75) is 12.5 Å². The van der Waals surface area contributed by atoms with Crippen molar-refractivity contribution in [1.82, 2.24) is 5.32 Å². The molecule has 1 aromatic carbocycles. The van der Waals surface area contributed by atoms with Gasteiger partial charge >= 0.3 is 5.97 Å². The van der Waals surface area contributed by atoms with Crippen LogP contribution in [0.5, 0.6) is 0 Å². The zero-order valence-electron chi connectivity index (χ0n) is 10.7. The van der Waals surface area contributed by atoms with Gasteiger partial charge in [-0.1, -0.05) is 6.07 Å². The van der Waals surface area contributed by atoms with E-state index in [0.29, 0.717) is 10.9 Å². The van der Waals surface area contributed by atoms with Gasteiger partial charge in [-0.15, -0.1) is 11.3 Å². The van der Waals surface area contributed by atoms with E-state index in [0.717, 1.165) is 12.1 Å². The highest BCUT2D eigenvalue weighted by Crippen LogP contribution is 2.22. The molecular weight excluding hydrogens is 300 g/mol. The average Bonchev–Trinajstić information content (AvgIpc) is 2.89. The SMILES string of the molecule is O=C(O)C[C@H](NC(=O)c1cc(F)cc(F)c1)c1cccs1. The van der Waals surface area contributed by atoms with E-state index in [9.17, 15) is 18.4 Å². The van der Waals surface area contributed by atoms with Crippen LogP contribution in [0.3, 0.4) is 0 Å². The topological polar surface area (TPSA) is 66.4 Å². The van der Waals surface area contributed by atoms with Crippen LogP contribution in [0.4, 0.5) is 8.78 Å². The normalized spacial score (nSPS) is 11.9. The van der Waals surface area contributed by atoms with Crippen LogP contribution < -0.4 is 5.32 Å². The Kier molecular flexibility index (Phi) is 4.64. The maximum atomic E-state index is 13.1. The molecule has 7 heteroatoms. The monoisotopic (exact) mass is 311 g/mol. The number of hydrogen-bond acceptors (Lipinski definition) is 3. The van der Waals surface area contributed by atoms with Gasteiger partial charge in [0.25, 0.3) is 5.91 Å². The summed E-state index contributed by atoms with van der Waals surface area (Å²) >= 11 is 1.29. The lowest BCUT2D eigenvalue weighted by Gasteiger charge is -2.15. The number of carboxylic acid groups (broad SMARTS) is 1. The minimum Gasteiger partial charge on any atom is -0.481 e. The lowest BCUT2D eigenvalue weighted by atomic mass is 10.1. The molecular formula is C14H11F2NO3S. The van der Waals surface area contributed by atoms with Crippen molar-refractivity contribution in [2.24, 2.45) is 0 Å². The first kappa shape index (κ1) is 15.1. The summed E-state index contributed by atoms with van der Waals surface area (Å²) in [6, 6.07) is 5.11. The molecule has 2 N–H and O–H groups in total. The Labute approximate surface area is 123 Å². The minimum atomic E-state index is -1.08. The van der Waals surface area contributed by atoms with Crippen LogP contribution in [-0.2, 0) is 4.79 Å². The molecule has 1 atom stereocenters. The number of hydrogen-bond donors (Lipinski definition) is 2. The van der Waals surface area contributed by atoms with Crippen molar-refractivity contribution < 1.29 is 23.5 Å². The third-order valence-corrected chi connectivity index (χ3v) is 3.68. The molecule has 110 valence electrons. The van der Waals surface area contributed by atoms with E-state index in [1.165, 1.54) is 11.3 Å². The molecule has 0 spiro atoms. The number of benzene rings is 1. The van der Waals surface area contributed by atoms with Crippen LogP contribution >= 0.6 is 11.3 Å². The van der Waals surface area contributed by atoms with Crippen molar-refractivity contribution in [1.29, 1.82) is 0 Å². The maximum absolute atomic E-state index is 13.1. The molecule has 0 unspecified atom stereocenters. The van der Waals surface area contributed by atoms with Crippen LogP contribution in [0.2, 0.25) is 0 Å². The summed E-state index contributed by atoms with van der Waals surface area (Å²) in [7, 11) is 0. The quantitative estimate of drug-likeness (QED) is 0.892. The van der Waals surface area contributed by atoms with Gasteiger partial charge in [-0.3, -0.25) is 9.59 Å². The van der Waals surface area contributed by atoms with Crippen molar-refractivity contribution in [3.63, 3.8) is 0 Å². The zero-order chi connectivity index (χ0) is 15.4. The Hall–Kier alpha value is -2.28. The van der Waals surface area contributed by atoms with Gasteiger partial charge in [-0.25, -0.2) is 8.78 Å². The first-order chi connectivity index (χ1) is 9.95. The number of rotatable bonds is 5. The first-order valence-corrected chi connectivity index (χ1v) is 6.86. The third kappa shape index (κ3) is 4.09. The lowest BCUT2D eigenvalue weighted by Crippen LogP contribution is -2.29. The number of halogens is 2.